The summed E-state index contributed by atoms with van der Waals surface area (Å²) in [7, 11) is 0. The van der Waals surface area contributed by atoms with Gasteiger partial charge in [-0.3, -0.25) is 9.59 Å². The summed E-state index contributed by atoms with van der Waals surface area (Å²) in [6.45, 7) is 9.43. The lowest BCUT2D eigenvalue weighted by atomic mass is 10.1. The van der Waals surface area contributed by atoms with Crippen molar-refractivity contribution in [1.29, 1.82) is 0 Å². The average Bonchev–Trinajstić information content (AvgIpc) is 2.29. The van der Waals surface area contributed by atoms with Gasteiger partial charge in [-0.15, -0.1) is 0 Å². The number of nitrogens with one attached hydrogen (secondary N) is 1. The van der Waals surface area contributed by atoms with Crippen LogP contribution in [0.4, 0.5) is 0 Å². The van der Waals surface area contributed by atoms with Crippen LogP contribution in [-0.2, 0) is 9.59 Å². The molecule has 0 heterocycles. The fourth-order valence-corrected chi connectivity index (χ4v) is 1.45. The van der Waals surface area contributed by atoms with Gasteiger partial charge < -0.3 is 16.0 Å². The first-order chi connectivity index (χ1) is 7.93. The van der Waals surface area contributed by atoms with E-state index in [0.717, 1.165) is 0 Å². The zero-order valence-electron chi connectivity index (χ0n) is 11.3. The molecule has 0 aromatic rings. The fraction of sp³-hybridized carbons (Fsp3) is 0.833. The number of nitrogens with two attached hydrogens (primary N) is 1. The maximum atomic E-state index is 11.6. The normalized spacial score (nSPS) is 12.4. The third kappa shape index (κ3) is 5.68. The van der Waals surface area contributed by atoms with Crippen molar-refractivity contribution < 1.29 is 9.59 Å². The average molecular weight is 243 g/mol. The fourth-order valence-electron chi connectivity index (χ4n) is 1.45. The van der Waals surface area contributed by atoms with Crippen LogP contribution in [0.1, 0.15) is 34.1 Å². The third-order valence-electron chi connectivity index (χ3n) is 2.78. The maximum Gasteiger partial charge on any atom is 0.237 e. The first-order valence-corrected chi connectivity index (χ1v) is 6.25. The molecule has 0 saturated heterocycles. The summed E-state index contributed by atoms with van der Waals surface area (Å²) in [6.07, 6.45) is 0.332. The van der Waals surface area contributed by atoms with E-state index in [1.54, 1.807) is 4.90 Å². The number of amides is 2. The quantitative estimate of drug-likeness (QED) is 0.677. The zero-order valence-corrected chi connectivity index (χ0v) is 11.3. The van der Waals surface area contributed by atoms with Crippen molar-refractivity contribution in [3.63, 3.8) is 0 Å². The predicted octanol–water partition coefficient (Wildman–Crippen LogP) is 0.344. The molecule has 0 aliphatic heterocycles. The highest BCUT2D eigenvalue weighted by Gasteiger charge is 2.17. The van der Waals surface area contributed by atoms with Crippen LogP contribution in [0.15, 0.2) is 0 Å². The Bertz CT molecular complexity index is 236. The van der Waals surface area contributed by atoms with Crippen LogP contribution >= 0.6 is 0 Å². The van der Waals surface area contributed by atoms with Crippen LogP contribution < -0.4 is 11.1 Å². The van der Waals surface area contributed by atoms with E-state index in [-0.39, 0.29) is 17.7 Å². The molecule has 2 amide bonds. The Morgan fingerprint density at radius 1 is 1.24 bits per heavy atom. The smallest absolute Gasteiger partial charge is 0.237 e. The van der Waals surface area contributed by atoms with E-state index in [4.69, 9.17) is 5.73 Å². The van der Waals surface area contributed by atoms with Gasteiger partial charge >= 0.3 is 0 Å². The number of carbonyl (C=O) groups is 2. The standard InChI is InChI=1S/C12H25N3O2/c1-5-15(6-2)10(16)7-8-14-12(17)11(13)9(3)4/h9,11H,5-8,13H2,1-4H3,(H,14,17)/t11-/m0/s1. The van der Waals surface area contributed by atoms with Gasteiger partial charge in [0.25, 0.3) is 0 Å². The second kappa shape index (κ2) is 8.06. The zero-order chi connectivity index (χ0) is 13.4. The predicted molar refractivity (Wildman–Crippen MR) is 68.4 cm³/mol. The molecule has 17 heavy (non-hydrogen) atoms. The molecule has 0 radical (unpaired) electrons. The molecule has 0 unspecified atom stereocenters. The van der Waals surface area contributed by atoms with Gasteiger partial charge in [0.1, 0.15) is 0 Å². The van der Waals surface area contributed by atoms with Gasteiger partial charge in [-0.2, -0.15) is 0 Å². The lowest BCUT2D eigenvalue weighted by Gasteiger charge is -2.19. The third-order valence-corrected chi connectivity index (χ3v) is 2.78. The van der Waals surface area contributed by atoms with Crippen LogP contribution in [0, 0.1) is 5.92 Å². The molecule has 0 aliphatic rings. The molecular formula is C12H25N3O2. The molecule has 0 spiro atoms. The molecule has 1 atom stereocenters. The first kappa shape index (κ1) is 15.9. The Morgan fingerprint density at radius 3 is 2.18 bits per heavy atom. The van der Waals surface area contributed by atoms with Crippen LogP contribution in [0.2, 0.25) is 0 Å². The molecular weight excluding hydrogens is 218 g/mol. The Labute approximate surface area is 104 Å². The molecule has 5 heteroatoms. The van der Waals surface area contributed by atoms with E-state index < -0.39 is 6.04 Å². The summed E-state index contributed by atoms with van der Waals surface area (Å²) in [5, 5.41) is 2.69. The second-order valence-electron chi connectivity index (χ2n) is 4.38. The summed E-state index contributed by atoms with van der Waals surface area (Å²) in [5.74, 6) is -0.0192. The highest BCUT2D eigenvalue weighted by molar-refractivity contribution is 5.82. The van der Waals surface area contributed by atoms with Gasteiger partial charge in [-0.25, -0.2) is 0 Å². The van der Waals surface area contributed by atoms with Crippen LogP contribution in [0.25, 0.3) is 0 Å². The monoisotopic (exact) mass is 243 g/mol. The number of hydrogen-bond donors (Lipinski definition) is 2. The van der Waals surface area contributed by atoms with E-state index >= 15 is 0 Å². The van der Waals surface area contributed by atoms with Gasteiger partial charge in [0.05, 0.1) is 6.04 Å². The number of rotatable bonds is 7. The molecule has 0 bridgehead atoms. The van der Waals surface area contributed by atoms with Crippen LogP contribution in [0.3, 0.4) is 0 Å². The number of nitrogens with zero attached hydrogens (tertiary/aromatic N) is 1. The minimum Gasteiger partial charge on any atom is -0.354 e. The molecule has 0 rings (SSSR count). The van der Waals surface area contributed by atoms with Crippen molar-refractivity contribution >= 4 is 11.8 Å². The molecule has 0 aliphatic carbocycles. The Balaban J connectivity index is 3.91. The van der Waals surface area contributed by atoms with E-state index in [2.05, 4.69) is 5.32 Å². The van der Waals surface area contributed by atoms with Crippen molar-refractivity contribution in [3.05, 3.63) is 0 Å². The molecule has 0 aromatic carbocycles. The van der Waals surface area contributed by atoms with Gasteiger partial charge in [-0.05, 0) is 19.8 Å². The largest absolute Gasteiger partial charge is 0.354 e. The van der Waals surface area contributed by atoms with E-state index in [0.29, 0.717) is 26.1 Å². The first-order valence-electron chi connectivity index (χ1n) is 6.25. The molecule has 3 N–H and O–H groups in total. The van der Waals surface area contributed by atoms with E-state index in [9.17, 15) is 9.59 Å². The summed E-state index contributed by atoms with van der Waals surface area (Å²) in [5.41, 5.74) is 5.68. The van der Waals surface area contributed by atoms with Crippen molar-refractivity contribution in [2.75, 3.05) is 19.6 Å². The Kier molecular flexibility index (Phi) is 7.54. The molecule has 100 valence electrons. The maximum absolute atomic E-state index is 11.6. The highest BCUT2D eigenvalue weighted by Crippen LogP contribution is 1.98. The summed E-state index contributed by atoms with van der Waals surface area (Å²) in [4.78, 5) is 24.9. The van der Waals surface area contributed by atoms with E-state index in [1.807, 2.05) is 27.7 Å². The second-order valence-corrected chi connectivity index (χ2v) is 4.38. The van der Waals surface area contributed by atoms with Crippen LogP contribution in [-0.4, -0.2) is 42.4 Å². The van der Waals surface area contributed by atoms with E-state index in [1.165, 1.54) is 0 Å². The SMILES string of the molecule is CCN(CC)C(=O)CCNC(=O)[C@@H](N)C(C)C. The number of carbonyl (C=O) groups excluding carboxylic acids is 2. The van der Waals surface area contributed by atoms with Crippen LogP contribution in [0.5, 0.6) is 0 Å². The summed E-state index contributed by atoms with van der Waals surface area (Å²) >= 11 is 0. The lowest BCUT2D eigenvalue weighted by Crippen LogP contribution is -2.45. The summed E-state index contributed by atoms with van der Waals surface area (Å²) in [6, 6.07) is -0.501. The van der Waals surface area contributed by atoms with Gasteiger partial charge in [0.2, 0.25) is 11.8 Å². The van der Waals surface area contributed by atoms with Gasteiger partial charge in [-0.1, -0.05) is 13.8 Å². The topological polar surface area (TPSA) is 75.4 Å². The molecule has 0 aromatic heterocycles. The molecule has 0 saturated carbocycles. The highest BCUT2D eigenvalue weighted by atomic mass is 16.2. The van der Waals surface area contributed by atoms with Crippen molar-refractivity contribution in [2.45, 2.75) is 40.2 Å². The minimum atomic E-state index is -0.501. The van der Waals surface area contributed by atoms with Crippen molar-refractivity contribution in [2.24, 2.45) is 11.7 Å². The van der Waals surface area contributed by atoms with Gasteiger partial charge in [0.15, 0.2) is 0 Å². The van der Waals surface area contributed by atoms with Gasteiger partial charge in [0, 0.05) is 26.1 Å². The summed E-state index contributed by atoms with van der Waals surface area (Å²) < 4.78 is 0. The molecule has 0 fully saturated rings. The van der Waals surface area contributed by atoms with Crippen molar-refractivity contribution in [1.82, 2.24) is 10.2 Å². The Hall–Kier alpha value is -1.10. The minimum absolute atomic E-state index is 0.0634. The van der Waals surface area contributed by atoms with Crippen molar-refractivity contribution in [3.8, 4) is 0 Å². The molecule has 5 nitrogen and oxygen atoms in total. The number of hydrogen-bond acceptors (Lipinski definition) is 3. The lowest BCUT2D eigenvalue weighted by molar-refractivity contribution is -0.130. The Morgan fingerprint density at radius 2 is 1.76 bits per heavy atom.